The predicted molar refractivity (Wildman–Crippen MR) is 61.5 cm³/mol. The number of carbonyl (C=O) groups excluding carboxylic acids is 1. The Morgan fingerprint density at radius 2 is 2.05 bits per heavy atom. The fourth-order valence-corrected chi connectivity index (χ4v) is 1.72. The van der Waals surface area contributed by atoms with Gasteiger partial charge in [-0.2, -0.15) is 13.2 Å². The lowest BCUT2D eigenvalue weighted by atomic mass is 9.90. The Morgan fingerprint density at radius 3 is 2.58 bits per heavy atom. The number of amides is 1. The van der Waals surface area contributed by atoms with E-state index >= 15 is 0 Å². The molecule has 0 aliphatic carbocycles. The first-order valence-electron chi connectivity index (χ1n) is 6.05. The van der Waals surface area contributed by atoms with Crippen molar-refractivity contribution in [1.82, 2.24) is 5.32 Å². The molecule has 3 N–H and O–H groups in total. The Bertz CT molecular complexity index is 304. The predicted octanol–water partition coefficient (Wildman–Crippen LogP) is 0.578. The Labute approximate surface area is 109 Å². The zero-order valence-electron chi connectivity index (χ0n) is 10.8. The highest BCUT2D eigenvalue weighted by atomic mass is 19.4. The molecular formula is C11H19F3N2O3. The fourth-order valence-electron chi connectivity index (χ4n) is 1.72. The summed E-state index contributed by atoms with van der Waals surface area (Å²) >= 11 is 0. The van der Waals surface area contributed by atoms with Gasteiger partial charge in [-0.15, -0.1) is 0 Å². The lowest BCUT2D eigenvalue weighted by Gasteiger charge is -2.32. The number of rotatable bonds is 5. The summed E-state index contributed by atoms with van der Waals surface area (Å²) in [5.41, 5.74) is 4.93. The summed E-state index contributed by atoms with van der Waals surface area (Å²) in [7, 11) is 0. The summed E-state index contributed by atoms with van der Waals surface area (Å²) in [6.45, 7) is 0.843. The standard InChI is InChI=1S/C11H19F3N2O3/c1-8(6-19-7-11(12,13)14)16-9(17)10(15)2-4-18-5-3-10/h8H,2-7,15H2,1H3,(H,16,17). The van der Waals surface area contributed by atoms with Crippen molar-refractivity contribution in [3.63, 3.8) is 0 Å². The summed E-state index contributed by atoms with van der Waals surface area (Å²) in [5.74, 6) is -0.376. The molecule has 0 saturated carbocycles. The SMILES string of the molecule is CC(COCC(F)(F)F)NC(=O)C1(N)CCOCC1. The molecule has 1 rings (SSSR count). The first-order chi connectivity index (χ1) is 8.73. The molecule has 0 bridgehead atoms. The normalized spacial score (nSPS) is 20.9. The van der Waals surface area contributed by atoms with Crippen molar-refractivity contribution in [3.05, 3.63) is 0 Å². The van der Waals surface area contributed by atoms with Crippen molar-refractivity contribution in [2.45, 2.75) is 37.5 Å². The third kappa shape index (κ3) is 5.75. The lowest BCUT2D eigenvalue weighted by molar-refractivity contribution is -0.175. The van der Waals surface area contributed by atoms with Crippen molar-refractivity contribution in [3.8, 4) is 0 Å². The molecule has 1 fully saturated rings. The van der Waals surface area contributed by atoms with Gasteiger partial charge in [-0.25, -0.2) is 0 Å². The number of nitrogens with two attached hydrogens (primary N) is 1. The molecule has 112 valence electrons. The van der Waals surface area contributed by atoms with E-state index < -0.39 is 24.4 Å². The molecule has 1 unspecified atom stereocenters. The van der Waals surface area contributed by atoms with E-state index in [0.29, 0.717) is 26.1 Å². The summed E-state index contributed by atoms with van der Waals surface area (Å²) in [6, 6.07) is -0.530. The van der Waals surface area contributed by atoms with Crippen molar-refractivity contribution in [2.24, 2.45) is 5.73 Å². The molecule has 5 nitrogen and oxygen atoms in total. The van der Waals surface area contributed by atoms with Crippen LogP contribution in [-0.2, 0) is 14.3 Å². The summed E-state index contributed by atoms with van der Waals surface area (Å²) in [4.78, 5) is 11.9. The molecule has 1 aliphatic heterocycles. The molecule has 8 heteroatoms. The van der Waals surface area contributed by atoms with E-state index in [1.165, 1.54) is 0 Å². The maximum absolute atomic E-state index is 11.9. The third-order valence-electron chi connectivity index (χ3n) is 2.85. The molecule has 0 radical (unpaired) electrons. The van der Waals surface area contributed by atoms with E-state index in [2.05, 4.69) is 10.1 Å². The summed E-state index contributed by atoms with van der Waals surface area (Å²) in [6.07, 6.45) is -3.57. The molecule has 0 aromatic heterocycles. The van der Waals surface area contributed by atoms with Gasteiger partial charge >= 0.3 is 6.18 Å². The topological polar surface area (TPSA) is 73.6 Å². The van der Waals surface area contributed by atoms with Crippen LogP contribution in [0.5, 0.6) is 0 Å². The minimum atomic E-state index is -4.36. The van der Waals surface area contributed by atoms with E-state index in [-0.39, 0.29) is 12.5 Å². The Hall–Kier alpha value is -0.860. The smallest absolute Gasteiger partial charge is 0.381 e. The van der Waals surface area contributed by atoms with Crippen LogP contribution < -0.4 is 11.1 Å². The van der Waals surface area contributed by atoms with Crippen molar-refractivity contribution >= 4 is 5.91 Å². The highest BCUT2D eigenvalue weighted by Gasteiger charge is 2.36. The Kier molecular flexibility index (Phi) is 5.57. The minimum absolute atomic E-state index is 0.210. The van der Waals surface area contributed by atoms with Crippen LogP contribution in [-0.4, -0.2) is 50.1 Å². The molecule has 19 heavy (non-hydrogen) atoms. The van der Waals surface area contributed by atoms with Crippen molar-refractivity contribution < 1.29 is 27.4 Å². The second-order valence-electron chi connectivity index (χ2n) is 4.77. The van der Waals surface area contributed by atoms with Crippen LogP contribution in [0.25, 0.3) is 0 Å². The van der Waals surface area contributed by atoms with Crippen LogP contribution in [0.1, 0.15) is 19.8 Å². The maximum atomic E-state index is 11.9. The first kappa shape index (κ1) is 16.2. The number of nitrogens with one attached hydrogen (secondary N) is 1. The quantitative estimate of drug-likeness (QED) is 0.774. The second-order valence-corrected chi connectivity index (χ2v) is 4.77. The van der Waals surface area contributed by atoms with Gasteiger partial charge in [-0.3, -0.25) is 4.79 Å². The van der Waals surface area contributed by atoms with Crippen LogP contribution in [0.4, 0.5) is 13.2 Å². The van der Waals surface area contributed by atoms with Gasteiger partial charge in [-0.05, 0) is 19.8 Å². The van der Waals surface area contributed by atoms with Crippen LogP contribution in [0.3, 0.4) is 0 Å². The van der Waals surface area contributed by atoms with Crippen LogP contribution in [0, 0.1) is 0 Å². The van der Waals surface area contributed by atoms with E-state index in [1.54, 1.807) is 6.92 Å². The van der Waals surface area contributed by atoms with E-state index in [9.17, 15) is 18.0 Å². The zero-order chi connectivity index (χ0) is 14.5. The van der Waals surface area contributed by atoms with E-state index in [0.717, 1.165) is 0 Å². The van der Waals surface area contributed by atoms with Gasteiger partial charge in [0.1, 0.15) is 6.61 Å². The highest BCUT2D eigenvalue weighted by Crippen LogP contribution is 2.18. The van der Waals surface area contributed by atoms with Crippen LogP contribution in [0.15, 0.2) is 0 Å². The first-order valence-corrected chi connectivity index (χ1v) is 6.05. The lowest BCUT2D eigenvalue weighted by Crippen LogP contribution is -2.58. The molecule has 1 saturated heterocycles. The van der Waals surface area contributed by atoms with Gasteiger partial charge in [0, 0.05) is 19.3 Å². The number of ether oxygens (including phenoxy) is 2. The zero-order valence-corrected chi connectivity index (χ0v) is 10.8. The van der Waals surface area contributed by atoms with Crippen LogP contribution in [0.2, 0.25) is 0 Å². The molecular weight excluding hydrogens is 265 g/mol. The van der Waals surface area contributed by atoms with Crippen LogP contribution >= 0.6 is 0 Å². The van der Waals surface area contributed by atoms with Gasteiger partial charge in [0.2, 0.25) is 5.91 Å². The Morgan fingerprint density at radius 1 is 1.47 bits per heavy atom. The average Bonchev–Trinajstić information content (AvgIpc) is 2.28. The number of halogens is 3. The van der Waals surface area contributed by atoms with Crippen molar-refractivity contribution in [1.29, 1.82) is 0 Å². The number of hydrogen-bond acceptors (Lipinski definition) is 4. The van der Waals surface area contributed by atoms with Gasteiger partial charge < -0.3 is 20.5 Å². The van der Waals surface area contributed by atoms with Gasteiger partial charge in [0.15, 0.2) is 0 Å². The summed E-state index contributed by atoms with van der Waals surface area (Å²) in [5, 5.41) is 2.56. The maximum Gasteiger partial charge on any atom is 0.411 e. The number of carbonyl (C=O) groups is 1. The molecule has 1 atom stereocenters. The molecule has 1 heterocycles. The highest BCUT2D eigenvalue weighted by molar-refractivity contribution is 5.86. The van der Waals surface area contributed by atoms with Gasteiger partial charge in [0.25, 0.3) is 0 Å². The van der Waals surface area contributed by atoms with Gasteiger partial charge in [0.05, 0.1) is 12.1 Å². The Balaban J connectivity index is 2.31. The molecule has 0 aromatic carbocycles. The molecule has 0 aromatic rings. The van der Waals surface area contributed by atoms with E-state index in [4.69, 9.17) is 10.5 Å². The summed E-state index contributed by atoms with van der Waals surface area (Å²) < 4.78 is 45.2. The third-order valence-corrected chi connectivity index (χ3v) is 2.85. The van der Waals surface area contributed by atoms with Gasteiger partial charge in [-0.1, -0.05) is 0 Å². The fraction of sp³-hybridized carbons (Fsp3) is 0.909. The average molecular weight is 284 g/mol. The van der Waals surface area contributed by atoms with E-state index in [1.807, 2.05) is 0 Å². The second kappa shape index (κ2) is 6.53. The van der Waals surface area contributed by atoms with Crippen molar-refractivity contribution in [2.75, 3.05) is 26.4 Å². The molecule has 1 amide bonds. The minimum Gasteiger partial charge on any atom is -0.381 e. The molecule has 1 aliphatic rings. The number of hydrogen-bond donors (Lipinski definition) is 2. The largest absolute Gasteiger partial charge is 0.411 e. The monoisotopic (exact) mass is 284 g/mol. The number of alkyl halides is 3. The molecule has 0 spiro atoms.